The van der Waals surface area contributed by atoms with Crippen molar-refractivity contribution in [3.63, 3.8) is 0 Å². The predicted octanol–water partition coefficient (Wildman–Crippen LogP) is -0.497. The molecule has 7 N–H and O–H groups in total. The van der Waals surface area contributed by atoms with Crippen LogP contribution in [0.15, 0.2) is 35.1 Å². The number of nitrogens with one attached hydrogen (secondary N) is 4. The molecule has 1 aromatic carbocycles. The molecule has 1 unspecified atom stereocenters. The van der Waals surface area contributed by atoms with Crippen molar-refractivity contribution >= 4 is 52.3 Å². The van der Waals surface area contributed by atoms with E-state index in [-0.39, 0.29) is 108 Å². The van der Waals surface area contributed by atoms with Gasteiger partial charge in [-0.1, -0.05) is 13.8 Å². The normalized spacial score (nSPS) is 16.0. The fourth-order valence-electron chi connectivity index (χ4n) is 8.55. The molecule has 4 aliphatic heterocycles. The standard InChI is InChI=1S/C49H62N8O16/c1-28(2)43(55-40(59)9-13-67-15-17-69-19-20-70-18-16-68-14-11-51-39(58)8-12-56-41(60)6-7-42(56)61)47(64)54-34(5-3-4-10-50)46(63)52-24-31-29-22-37-38(73-27-72-37)23-35(29)53-44-32(31)25-57-36(44)21-30-33(48(57)65)26-71-49(66)45(30)62/h6-7,21-23,28,34,43,45,62H,3-5,8-20,24-27,50H2,1-2H3,(H,51,58)(H,52,63)(H,54,64)(H,55,59)/t34-,43?,45-/m0/s1. The average Bonchev–Trinajstić information content (AvgIpc) is 4.08. The van der Waals surface area contributed by atoms with Gasteiger partial charge in [0.1, 0.15) is 18.7 Å². The monoisotopic (exact) mass is 1020 g/mol. The Kier molecular flexibility index (Phi) is 19.0. The van der Waals surface area contributed by atoms with E-state index in [4.69, 9.17) is 43.9 Å². The van der Waals surface area contributed by atoms with Crippen LogP contribution in [0.1, 0.15) is 74.3 Å². The van der Waals surface area contributed by atoms with Crippen LogP contribution in [0.5, 0.6) is 11.5 Å². The van der Waals surface area contributed by atoms with Crippen molar-refractivity contribution in [1.82, 2.24) is 35.7 Å². The summed E-state index contributed by atoms with van der Waals surface area (Å²) in [5.74, 6) is -2.88. The summed E-state index contributed by atoms with van der Waals surface area (Å²) in [6.45, 7) is 6.01. The van der Waals surface area contributed by atoms with Gasteiger partial charge >= 0.3 is 5.97 Å². The van der Waals surface area contributed by atoms with E-state index < -0.39 is 59.3 Å². The first kappa shape index (κ1) is 54.0. The van der Waals surface area contributed by atoms with E-state index in [1.807, 2.05) is 0 Å². The molecule has 0 aliphatic carbocycles. The van der Waals surface area contributed by atoms with Crippen LogP contribution in [0.3, 0.4) is 0 Å². The largest absolute Gasteiger partial charge is 0.458 e. The number of carbonyl (C=O) groups excluding carboxylic acids is 7. The molecule has 6 amide bonds. The molecule has 4 aliphatic rings. The van der Waals surface area contributed by atoms with Gasteiger partial charge in [0.05, 0.1) is 81.9 Å². The molecule has 0 saturated carbocycles. The summed E-state index contributed by atoms with van der Waals surface area (Å²) in [4.78, 5) is 108. The highest BCUT2D eigenvalue weighted by molar-refractivity contribution is 6.13. The number of pyridine rings is 2. The number of carbonyl (C=O) groups is 7. The number of aromatic nitrogens is 2. The second kappa shape index (κ2) is 25.7. The first-order chi connectivity index (χ1) is 35.2. The van der Waals surface area contributed by atoms with Crippen molar-refractivity contribution in [3.8, 4) is 22.9 Å². The summed E-state index contributed by atoms with van der Waals surface area (Å²) in [7, 11) is 0. The van der Waals surface area contributed by atoms with Gasteiger partial charge in [0.25, 0.3) is 17.4 Å². The molecular formula is C49H62N8O16. The number of aliphatic hydroxyl groups is 1. The van der Waals surface area contributed by atoms with Gasteiger partial charge in [-0.2, -0.15) is 0 Å². The van der Waals surface area contributed by atoms with E-state index in [1.165, 1.54) is 16.7 Å². The maximum absolute atomic E-state index is 14.1. The van der Waals surface area contributed by atoms with Gasteiger partial charge in [0.2, 0.25) is 30.4 Å². The van der Waals surface area contributed by atoms with E-state index in [1.54, 1.807) is 32.0 Å². The maximum Gasteiger partial charge on any atom is 0.340 e. The van der Waals surface area contributed by atoms with Crippen LogP contribution in [0.25, 0.3) is 22.3 Å². The molecule has 3 atom stereocenters. The Balaban J connectivity index is 0.839. The Morgan fingerprint density at radius 3 is 2.15 bits per heavy atom. The quantitative estimate of drug-likeness (QED) is 0.0227. The minimum atomic E-state index is -1.64. The lowest BCUT2D eigenvalue weighted by molar-refractivity contribution is -0.157. The number of hydrogen-bond acceptors (Lipinski definition) is 18. The van der Waals surface area contributed by atoms with E-state index in [0.29, 0.717) is 90.7 Å². The fraction of sp³-hybridized carbons (Fsp3) is 0.531. The zero-order valence-corrected chi connectivity index (χ0v) is 40.8. The summed E-state index contributed by atoms with van der Waals surface area (Å²) in [5, 5.41) is 22.6. The third-order valence-corrected chi connectivity index (χ3v) is 12.5. The average molecular weight is 1020 g/mol. The van der Waals surface area contributed by atoms with Gasteiger partial charge < -0.3 is 69.8 Å². The smallest absolute Gasteiger partial charge is 0.340 e. The molecule has 3 aromatic rings. The van der Waals surface area contributed by atoms with Crippen molar-refractivity contribution in [2.45, 2.75) is 83.8 Å². The van der Waals surface area contributed by atoms with Gasteiger partial charge in [0, 0.05) is 67.2 Å². The fourth-order valence-corrected chi connectivity index (χ4v) is 8.55. The molecule has 0 fully saturated rings. The lowest BCUT2D eigenvalue weighted by atomic mass is 9.98. The molecule has 7 rings (SSSR count). The van der Waals surface area contributed by atoms with Crippen molar-refractivity contribution in [2.75, 3.05) is 79.3 Å². The summed E-state index contributed by atoms with van der Waals surface area (Å²) in [6, 6.07) is 3.07. The Bertz CT molecular complexity index is 2640. The van der Waals surface area contributed by atoms with Crippen LogP contribution >= 0.6 is 0 Å². The van der Waals surface area contributed by atoms with Gasteiger partial charge in [-0.3, -0.25) is 38.5 Å². The van der Waals surface area contributed by atoms with Crippen LogP contribution in [0, 0.1) is 5.92 Å². The van der Waals surface area contributed by atoms with Crippen LogP contribution < -0.4 is 42.0 Å². The molecule has 394 valence electrons. The third-order valence-electron chi connectivity index (χ3n) is 12.5. The second-order valence-corrected chi connectivity index (χ2v) is 17.8. The highest BCUT2D eigenvalue weighted by Crippen LogP contribution is 2.42. The molecule has 0 bridgehead atoms. The van der Waals surface area contributed by atoms with Crippen LogP contribution in [-0.2, 0) is 76.9 Å². The lowest BCUT2D eigenvalue weighted by Crippen LogP contribution is -2.55. The number of fused-ring (bicyclic) bond motifs is 6. The van der Waals surface area contributed by atoms with Crippen LogP contribution in [0.2, 0.25) is 0 Å². The Morgan fingerprint density at radius 2 is 1.47 bits per heavy atom. The van der Waals surface area contributed by atoms with Crippen molar-refractivity contribution in [1.29, 1.82) is 0 Å². The Labute approximate surface area is 419 Å². The number of amides is 6. The number of imide groups is 1. The number of unbranched alkanes of at least 4 members (excludes halogenated alkanes) is 1. The molecule has 24 heteroatoms. The van der Waals surface area contributed by atoms with Crippen LogP contribution in [0.4, 0.5) is 0 Å². The number of hydrogen-bond donors (Lipinski definition) is 6. The predicted molar refractivity (Wildman–Crippen MR) is 256 cm³/mol. The van der Waals surface area contributed by atoms with Gasteiger partial charge in [-0.25, -0.2) is 9.78 Å². The number of cyclic esters (lactones) is 1. The number of nitrogens with zero attached hydrogens (tertiary/aromatic N) is 3. The summed E-state index contributed by atoms with van der Waals surface area (Å²) >= 11 is 0. The molecule has 6 heterocycles. The molecule has 24 nitrogen and oxygen atoms in total. The van der Waals surface area contributed by atoms with Crippen LogP contribution in [-0.4, -0.2) is 152 Å². The van der Waals surface area contributed by atoms with Gasteiger partial charge in [-0.15, -0.1) is 0 Å². The molecule has 0 radical (unpaired) electrons. The van der Waals surface area contributed by atoms with Crippen molar-refractivity contribution in [3.05, 3.63) is 63.0 Å². The number of rotatable bonds is 29. The van der Waals surface area contributed by atoms with E-state index >= 15 is 0 Å². The third kappa shape index (κ3) is 13.6. The number of nitrogens with two attached hydrogens (primary N) is 1. The molecular weight excluding hydrogens is 957 g/mol. The number of ether oxygens (including phenoxy) is 7. The zero-order valence-electron chi connectivity index (χ0n) is 40.8. The van der Waals surface area contributed by atoms with Crippen molar-refractivity contribution in [2.24, 2.45) is 11.7 Å². The van der Waals surface area contributed by atoms with Gasteiger partial charge in [-0.05, 0) is 49.4 Å². The molecule has 73 heavy (non-hydrogen) atoms. The van der Waals surface area contributed by atoms with E-state index in [2.05, 4.69) is 21.3 Å². The minimum absolute atomic E-state index is 0.00404. The molecule has 2 aromatic heterocycles. The first-order valence-electron chi connectivity index (χ1n) is 24.3. The van der Waals surface area contributed by atoms with Crippen molar-refractivity contribution < 1.29 is 71.8 Å². The van der Waals surface area contributed by atoms with Gasteiger partial charge in [0.15, 0.2) is 17.6 Å². The Morgan fingerprint density at radius 1 is 0.795 bits per heavy atom. The zero-order chi connectivity index (χ0) is 52.0. The summed E-state index contributed by atoms with van der Waals surface area (Å²) < 4.78 is 39.8. The topological polar surface area (TPSA) is 317 Å². The number of aliphatic hydroxyl groups excluding tert-OH is 1. The second-order valence-electron chi connectivity index (χ2n) is 17.8. The molecule has 0 spiro atoms. The minimum Gasteiger partial charge on any atom is -0.458 e. The van der Waals surface area contributed by atoms with E-state index in [9.17, 15) is 43.5 Å². The summed E-state index contributed by atoms with van der Waals surface area (Å²) in [6.07, 6.45) is 2.06. The lowest BCUT2D eigenvalue weighted by Gasteiger charge is -2.25. The SMILES string of the molecule is CC(C)C(NC(=O)CCOCCOCCOCCOCCNC(=O)CCN1C(=O)C=CC1=O)C(=O)N[C@@H](CCCCN)C(=O)NCc1c2c(nc3cc4c(cc13)OCO4)-c1cc3c(c(=O)n1C2)COC(=O)[C@H]3O. The summed E-state index contributed by atoms with van der Waals surface area (Å²) in [5.41, 5.74) is 8.21. The Hall–Kier alpha value is -6.83. The highest BCUT2D eigenvalue weighted by Gasteiger charge is 2.36. The first-order valence-corrected chi connectivity index (χ1v) is 24.3. The number of esters is 1. The maximum atomic E-state index is 14.1. The number of benzene rings is 1. The van der Waals surface area contributed by atoms with E-state index in [0.717, 1.165) is 4.90 Å². The molecule has 0 saturated heterocycles. The highest BCUT2D eigenvalue weighted by atomic mass is 16.7.